The SMILES string of the molecule is O=C(CSc1ccc2ccccc2n1)NCCc1ccccc1F. The lowest BCUT2D eigenvalue weighted by atomic mass is 10.1. The van der Waals surface area contributed by atoms with Gasteiger partial charge in [0.05, 0.1) is 16.3 Å². The van der Waals surface area contributed by atoms with E-state index in [2.05, 4.69) is 10.3 Å². The van der Waals surface area contributed by atoms with Crippen molar-refractivity contribution in [2.45, 2.75) is 11.4 Å². The lowest BCUT2D eigenvalue weighted by Crippen LogP contribution is -2.27. The maximum Gasteiger partial charge on any atom is 0.230 e. The first kappa shape index (κ1) is 16.5. The number of thioether (sulfide) groups is 1. The second-order valence-corrected chi connectivity index (χ2v) is 6.32. The molecular formula is C19H17FN2OS. The highest BCUT2D eigenvalue weighted by molar-refractivity contribution is 7.99. The molecule has 24 heavy (non-hydrogen) atoms. The molecule has 1 aromatic heterocycles. The molecule has 0 saturated heterocycles. The summed E-state index contributed by atoms with van der Waals surface area (Å²) in [4.78, 5) is 16.4. The first-order valence-corrected chi connectivity index (χ1v) is 8.69. The number of fused-ring (bicyclic) bond motifs is 1. The Morgan fingerprint density at radius 2 is 1.83 bits per heavy atom. The fraction of sp³-hybridized carbons (Fsp3) is 0.158. The summed E-state index contributed by atoms with van der Waals surface area (Å²) in [6, 6.07) is 18.4. The number of carbonyl (C=O) groups excluding carboxylic acids is 1. The largest absolute Gasteiger partial charge is 0.355 e. The Labute approximate surface area is 144 Å². The topological polar surface area (TPSA) is 42.0 Å². The Morgan fingerprint density at radius 1 is 1.04 bits per heavy atom. The normalized spacial score (nSPS) is 10.7. The van der Waals surface area contributed by atoms with Gasteiger partial charge in [-0.3, -0.25) is 4.79 Å². The minimum Gasteiger partial charge on any atom is -0.355 e. The number of aromatic nitrogens is 1. The fourth-order valence-electron chi connectivity index (χ4n) is 2.36. The van der Waals surface area contributed by atoms with E-state index in [1.807, 2.05) is 36.4 Å². The minimum absolute atomic E-state index is 0.0775. The van der Waals surface area contributed by atoms with Gasteiger partial charge < -0.3 is 5.32 Å². The molecule has 0 saturated carbocycles. The average Bonchev–Trinajstić information content (AvgIpc) is 2.61. The van der Waals surface area contributed by atoms with Crippen molar-refractivity contribution in [1.29, 1.82) is 0 Å². The monoisotopic (exact) mass is 340 g/mol. The third-order valence-corrected chi connectivity index (χ3v) is 4.53. The molecule has 0 bridgehead atoms. The summed E-state index contributed by atoms with van der Waals surface area (Å²) in [7, 11) is 0. The zero-order valence-electron chi connectivity index (χ0n) is 13.0. The molecule has 5 heteroatoms. The predicted molar refractivity (Wildman–Crippen MR) is 95.6 cm³/mol. The summed E-state index contributed by atoms with van der Waals surface area (Å²) in [5.74, 6) is -0.0180. The zero-order chi connectivity index (χ0) is 16.8. The van der Waals surface area contributed by atoms with Gasteiger partial charge in [0.2, 0.25) is 5.91 Å². The molecule has 0 radical (unpaired) electrons. The predicted octanol–water partition coefficient (Wildman–Crippen LogP) is 3.82. The summed E-state index contributed by atoms with van der Waals surface area (Å²) >= 11 is 1.40. The third kappa shape index (κ3) is 4.32. The van der Waals surface area contributed by atoms with Gasteiger partial charge in [-0.05, 0) is 30.2 Å². The van der Waals surface area contributed by atoms with Crippen molar-refractivity contribution < 1.29 is 9.18 Å². The van der Waals surface area contributed by atoms with Crippen LogP contribution in [0.2, 0.25) is 0 Å². The molecule has 0 spiro atoms. The Morgan fingerprint density at radius 3 is 2.71 bits per heavy atom. The summed E-state index contributed by atoms with van der Waals surface area (Å²) in [5.41, 5.74) is 1.53. The number of benzene rings is 2. The number of rotatable bonds is 6. The van der Waals surface area contributed by atoms with Gasteiger partial charge >= 0.3 is 0 Å². The van der Waals surface area contributed by atoms with E-state index in [-0.39, 0.29) is 11.7 Å². The molecule has 3 aromatic rings. The number of hydrogen-bond acceptors (Lipinski definition) is 3. The lowest BCUT2D eigenvalue weighted by molar-refractivity contribution is -0.118. The summed E-state index contributed by atoms with van der Waals surface area (Å²) in [6.07, 6.45) is 0.483. The van der Waals surface area contributed by atoms with E-state index in [1.165, 1.54) is 17.8 Å². The van der Waals surface area contributed by atoms with Crippen molar-refractivity contribution in [2.24, 2.45) is 0 Å². The number of nitrogens with zero attached hydrogens (tertiary/aromatic N) is 1. The van der Waals surface area contributed by atoms with Crippen LogP contribution >= 0.6 is 11.8 Å². The van der Waals surface area contributed by atoms with Gasteiger partial charge in [0.15, 0.2) is 0 Å². The number of amides is 1. The molecule has 1 heterocycles. The minimum atomic E-state index is -0.235. The fourth-order valence-corrected chi connectivity index (χ4v) is 3.06. The van der Waals surface area contributed by atoms with Gasteiger partial charge in [0, 0.05) is 11.9 Å². The van der Waals surface area contributed by atoms with Gasteiger partial charge in [-0.15, -0.1) is 0 Å². The number of carbonyl (C=O) groups is 1. The van der Waals surface area contributed by atoms with E-state index in [4.69, 9.17) is 0 Å². The summed E-state index contributed by atoms with van der Waals surface area (Å²) < 4.78 is 13.5. The van der Waals surface area contributed by atoms with E-state index < -0.39 is 0 Å². The van der Waals surface area contributed by atoms with E-state index >= 15 is 0 Å². The van der Waals surface area contributed by atoms with Crippen LogP contribution in [0.3, 0.4) is 0 Å². The van der Waals surface area contributed by atoms with Gasteiger partial charge in [0.25, 0.3) is 0 Å². The molecule has 0 aliphatic heterocycles. The van der Waals surface area contributed by atoms with E-state index in [0.29, 0.717) is 24.3 Å². The van der Waals surface area contributed by atoms with Crippen molar-refractivity contribution in [2.75, 3.05) is 12.3 Å². The lowest BCUT2D eigenvalue weighted by Gasteiger charge is -2.06. The molecule has 0 aliphatic carbocycles. The molecule has 1 amide bonds. The molecular weight excluding hydrogens is 323 g/mol. The molecule has 1 N–H and O–H groups in total. The average molecular weight is 340 g/mol. The Kier molecular flexibility index (Phi) is 5.43. The molecule has 0 aliphatic rings. The standard InChI is InChI=1S/C19H17FN2OS/c20-16-7-3-1-5-14(16)11-12-21-18(23)13-24-19-10-9-15-6-2-4-8-17(15)22-19/h1-10H,11-13H2,(H,21,23). The van der Waals surface area contributed by atoms with Crippen molar-refractivity contribution >= 4 is 28.6 Å². The zero-order valence-corrected chi connectivity index (χ0v) is 13.9. The highest BCUT2D eigenvalue weighted by Gasteiger charge is 2.06. The van der Waals surface area contributed by atoms with Crippen LogP contribution in [0.15, 0.2) is 65.7 Å². The first-order chi connectivity index (χ1) is 11.7. The highest BCUT2D eigenvalue weighted by Crippen LogP contribution is 2.19. The molecule has 2 aromatic carbocycles. The van der Waals surface area contributed by atoms with Gasteiger partial charge in [-0.2, -0.15) is 0 Å². The Balaban J connectivity index is 1.47. The quantitative estimate of drug-likeness (QED) is 0.694. The van der Waals surface area contributed by atoms with Crippen LogP contribution < -0.4 is 5.32 Å². The maximum absolute atomic E-state index is 13.5. The second-order valence-electron chi connectivity index (χ2n) is 5.32. The number of pyridine rings is 1. The number of nitrogens with one attached hydrogen (secondary N) is 1. The molecule has 0 fully saturated rings. The van der Waals surface area contributed by atoms with Crippen LogP contribution in [0.5, 0.6) is 0 Å². The van der Waals surface area contributed by atoms with E-state index in [9.17, 15) is 9.18 Å². The second kappa shape index (κ2) is 7.93. The van der Waals surface area contributed by atoms with Gasteiger partial charge in [-0.1, -0.05) is 54.2 Å². The smallest absolute Gasteiger partial charge is 0.230 e. The maximum atomic E-state index is 13.5. The van der Waals surface area contributed by atoms with Crippen molar-refractivity contribution in [1.82, 2.24) is 10.3 Å². The Hall–Kier alpha value is -2.40. The van der Waals surface area contributed by atoms with Gasteiger partial charge in [0.1, 0.15) is 5.82 Å². The van der Waals surface area contributed by atoms with Crippen LogP contribution in [0.25, 0.3) is 10.9 Å². The molecule has 3 nitrogen and oxygen atoms in total. The summed E-state index contributed by atoms with van der Waals surface area (Å²) in [5, 5.41) is 4.71. The van der Waals surface area contributed by atoms with Gasteiger partial charge in [-0.25, -0.2) is 9.37 Å². The van der Waals surface area contributed by atoms with E-state index in [0.717, 1.165) is 15.9 Å². The van der Waals surface area contributed by atoms with Crippen molar-refractivity contribution in [3.05, 3.63) is 72.0 Å². The van der Waals surface area contributed by atoms with Crippen molar-refractivity contribution in [3.63, 3.8) is 0 Å². The van der Waals surface area contributed by atoms with Crippen LogP contribution in [0.4, 0.5) is 4.39 Å². The van der Waals surface area contributed by atoms with Crippen molar-refractivity contribution in [3.8, 4) is 0 Å². The molecule has 0 atom stereocenters. The highest BCUT2D eigenvalue weighted by atomic mass is 32.2. The number of halogens is 1. The molecule has 0 unspecified atom stereocenters. The van der Waals surface area contributed by atoms with Crippen LogP contribution in [0.1, 0.15) is 5.56 Å². The van der Waals surface area contributed by atoms with Crippen LogP contribution in [0, 0.1) is 5.82 Å². The third-order valence-electron chi connectivity index (χ3n) is 3.60. The molecule has 122 valence electrons. The first-order valence-electron chi connectivity index (χ1n) is 7.71. The van der Waals surface area contributed by atoms with Crippen LogP contribution in [-0.4, -0.2) is 23.2 Å². The Bertz CT molecular complexity index is 853. The number of hydrogen-bond donors (Lipinski definition) is 1. The van der Waals surface area contributed by atoms with Crippen LogP contribution in [-0.2, 0) is 11.2 Å². The summed E-state index contributed by atoms with van der Waals surface area (Å²) in [6.45, 7) is 0.422. The molecule has 3 rings (SSSR count). The number of para-hydroxylation sites is 1. The van der Waals surface area contributed by atoms with E-state index in [1.54, 1.807) is 18.2 Å².